The molecule has 0 radical (unpaired) electrons. The Labute approximate surface area is 128 Å². The molecule has 1 aliphatic heterocycles. The number of carbonyl (C=O) groups excluding carboxylic acids is 1. The van der Waals surface area contributed by atoms with Crippen molar-refractivity contribution in [2.45, 2.75) is 32.7 Å². The Hall–Kier alpha value is -1.55. The average molecular weight is 289 g/mol. The number of anilines is 1. The number of nitrogens with zero attached hydrogens (tertiary/aromatic N) is 2. The molecule has 1 unspecified atom stereocenters. The Morgan fingerprint density at radius 1 is 1.38 bits per heavy atom. The standard InChI is InChI=1S/C17H27N3O/c1-4-5-11-19(3)16-8-6-15(7-9-16)17(21)20-12-10-18-14(2)13-20/h6-9,14,18H,4-5,10-13H2,1-3H3. The van der Waals surface area contributed by atoms with E-state index in [0.29, 0.717) is 6.04 Å². The molecular weight excluding hydrogens is 262 g/mol. The zero-order valence-corrected chi connectivity index (χ0v) is 13.4. The molecule has 0 bridgehead atoms. The van der Waals surface area contributed by atoms with E-state index in [4.69, 9.17) is 0 Å². The number of carbonyl (C=O) groups is 1. The summed E-state index contributed by atoms with van der Waals surface area (Å²) in [6.07, 6.45) is 2.39. The van der Waals surface area contributed by atoms with Crippen LogP contribution in [0.5, 0.6) is 0 Å². The maximum Gasteiger partial charge on any atom is 0.253 e. The van der Waals surface area contributed by atoms with Gasteiger partial charge in [0.2, 0.25) is 0 Å². The van der Waals surface area contributed by atoms with Crippen molar-refractivity contribution in [3.63, 3.8) is 0 Å². The molecule has 0 spiro atoms. The van der Waals surface area contributed by atoms with Crippen LogP contribution in [0.2, 0.25) is 0 Å². The van der Waals surface area contributed by atoms with Crippen LogP contribution in [0.15, 0.2) is 24.3 Å². The van der Waals surface area contributed by atoms with Crippen molar-refractivity contribution in [2.75, 3.05) is 38.1 Å². The average Bonchev–Trinajstić information content (AvgIpc) is 2.52. The number of hydrogen-bond donors (Lipinski definition) is 1. The summed E-state index contributed by atoms with van der Waals surface area (Å²) in [6.45, 7) is 7.83. The Balaban J connectivity index is 1.99. The second-order valence-electron chi connectivity index (χ2n) is 5.93. The van der Waals surface area contributed by atoms with Crippen LogP contribution in [-0.2, 0) is 0 Å². The molecular formula is C17H27N3O. The molecule has 1 atom stereocenters. The lowest BCUT2D eigenvalue weighted by molar-refractivity contribution is 0.0709. The first kappa shape index (κ1) is 15.8. The van der Waals surface area contributed by atoms with Gasteiger partial charge in [0.15, 0.2) is 0 Å². The minimum atomic E-state index is 0.145. The minimum absolute atomic E-state index is 0.145. The molecule has 21 heavy (non-hydrogen) atoms. The van der Waals surface area contributed by atoms with E-state index in [1.54, 1.807) is 0 Å². The first-order valence-electron chi connectivity index (χ1n) is 7.95. The normalized spacial score (nSPS) is 18.6. The quantitative estimate of drug-likeness (QED) is 0.904. The predicted octanol–water partition coefficient (Wildman–Crippen LogP) is 2.36. The van der Waals surface area contributed by atoms with Crippen molar-refractivity contribution in [3.8, 4) is 0 Å². The van der Waals surface area contributed by atoms with Gasteiger partial charge in [0, 0.05) is 50.5 Å². The Kier molecular flexibility index (Phi) is 5.62. The van der Waals surface area contributed by atoms with E-state index in [1.807, 2.05) is 17.0 Å². The molecule has 0 aliphatic carbocycles. The van der Waals surface area contributed by atoms with Gasteiger partial charge >= 0.3 is 0 Å². The Bertz CT molecular complexity index is 458. The highest BCUT2D eigenvalue weighted by molar-refractivity contribution is 5.94. The largest absolute Gasteiger partial charge is 0.375 e. The molecule has 1 aliphatic rings. The third kappa shape index (κ3) is 4.21. The first-order valence-corrected chi connectivity index (χ1v) is 7.95. The molecule has 2 rings (SSSR count). The van der Waals surface area contributed by atoms with E-state index in [-0.39, 0.29) is 5.91 Å². The number of rotatable bonds is 5. The zero-order valence-electron chi connectivity index (χ0n) is 13.4. The molecule has 1 heterocycles. The van der Waals surface area contributed by atoms with Crippen LogP contribution in [0.4, 0.5) is 5.69 Å². The topological polar surface area (TPSA) is 35.6 Å². The van der Waals surface area contributed by atoms with E-state index in [2.05, 4.69) is 43.2 Å². The van der Waals surface area contributed by atoms with Crippen molar-refractivity contribution in [3.05, 3.63) is 29.8 Å². The van der Waals surface area contributed by atoms with Gasteiger partial charge in [-0.15, -0.1) is 0 Å². The fourth-order valence-electron chi connectivity index (χ4n) is 2.68. The van der Waals surface area contributed by atoms with Gasteiger partial charge in [0.1, 0.15) is 0 Å². The summed E-state index contributed by atoms with van der Waals surface area (Å²) < 4.78 is 0. The van der Waals surface area contributed by atoms with E-state index >= 15 is 0 Å². The van der Waals surface area contributed by atoms with Gasteiger partial charge in [0.05, 0.1) is 0 Å². The second kappa shape index (κ2) is 7.46. The van der Waals surface area contributed by atoms with Gasteiger partial charge in [-0.05, 0) is 37.6 Å². The lowest BCUT2D eigenvalue weighted by atomic mass is 10.1. The minimum Gasteiger partial charge on any atom is -0.375 e. The van der Waals surface area contributed by atoms with Gasteiger partial charge in [-0.1, -0.05) is 13.3 Å². The van der Waals surface area contributed by atoms with Crippen LogP contribution in [0.25, 0.3) is 0 Å². The summed E-state index contributed by atoms with van der Waals surface area (Å²) in [5.74, 6) is 0.145. The summed E-state index contributed by atoms with van der Waals surface area (Å²) in [5, 5.41) is 3.36. The van der Waals surface area contributed by atoms with Crippen molar-refractivity contribution >= 4 is 11.6 Å². The van der Waals surface area contributed by atoms with Crippen LogP contribution in [-0.4, -0.2) is 50.1 Å². The summed E-state index contributed by atoms with van der Waals surface area (Å²) in [5.41, 5.74) is 1.96. The molecule has 0 aromatic heterocycles. The molecule has 1 amide bonds. The summed E-state index contributed by atoms with van der Waals surface area (Å²) in [4.78, 5) is 16.7. The van der Waals surface area contributed by atoms with Crippen LogP contribution in [0.3, 0.4) is 0 Å². The SMILES string of the molecule is CCCCN(C)c1ccc(C(=O)N2CCNC(C)C2)cc1. The Morgan fingerprint density at radius 3 is 2.71 bits per heavy atom. The smallest absolute Gasteiger partial charge is 0.253 e. The molecule has 1 fully saturated rings. The predicted molar refractivity (Wildman–Crippen MR) is 88.0 cm³/mol. The van der Waals surface area contributed by atoms with Crippen molar-refractivity contribution < 1.29 is 4.79 Å². The number of piperazine rings is 1. The highest BCUT2D eigenvalue weighted by Crippen LogP contribution is 2.16. The molecule has 0 saturated carbocycles. The highest BCUT2D eigenvalue weighted by Gasteiger charge is 2.21. The number of amides is 1. The maximum atomic E-state index is 12.5. The van der Waals surface area contributed by atoms with Crippen LogP contribution in [0.1, 0.15) is 37.0 Å². The Morgan fingerprint density at radius 2 is 2.10 bits per heavy atom. The third-order valence-electron chi connectivity index (χ3n) is 4.06. The lowest BCUT2D eigenvalue weighted by Crippen LogP contribution is -2.51. The van der Waals surface area contributed by atoms with Gasteiger partial charge in [0.25, 0.3) is 5.91 Å². The molecule has 1 N–H and O–H groups in total. The third-order valence-corrected chi connectivity index (χ3v) is 4.06. The molecule has 116 valence electrons. The van der Waals surface area contributed by atoms with E-state index < -0.39 is 0 Å². The van der Waals surface area contributed by atoms with Crippen LogP contribution >= 0.6 is 0 Å². The maximum absolute atomic E-state index is 12.5. The zero-order chi connectivity index (χ0) is 15.2. The van der Waals surface area contributed by atoms with Crippen molar-refractivity contribution in [1.29, 1.82) is 0 Å². The van der Waals surface area contributed by atoms with E-state index in [9.17, 15) is 4.79 Å². The molecule has 4 nitrogen and oxygen atoms in total. The van der Waals surface area contributed by atoms with Gasteiger partial charge in [-0.3, -0.25) is 4.79 Å². The number of unbranched alkanes of at least 4 members (excludes halogenated alkanes) is 1. The lowest BCUT2D eigenvalue weighted by Gasteiger charge is -2.32. The van der Waals surface area contributed by atoms with Crippen molar-refractivity contribution in [1.82, 2.24) is 10.2 Å². The number of benzene rings is 1. The molecule has 1 saturated heterocycles. The van der Waals surface area contributed by atoms with Crippen LogP contribution < -0.4 is 10.2 Å². The fourth-order valence-corrected chi connectivity index (χ4v) is 2.68. The highest BCUT2D eigenvalue weighted by atomic mass is 16.2. The van der Waals surface area contributed by atoms with E-state index in [1.165, 1.54) is 18.5 Å². The van der Waals surface area contributed by atoms with Gasteiger partial charge < -0.3 is 15.1 Å². The summed E-state index contributed by atoms with van der Waals surface area (Å²) in [6, 6.07) is 8.38. The molecule has 1 aromatic rings. The molecule has 1 aromatic carbocycles. The molecule has 4 heteroatoms. The summed E-state index contributed by atoms with van der Waals surface area (Å²) in [7, 11) is 2.10. The fraction of sp³-hybridized carbons (Fsp3) is 0.588. The van der Waals surface area contributed by atoms with Crippen LogP contribution in [0, 0.1) is 0 Å². The number of nitrogens with one attached hydrogen (secondary N) is 1. The second-order valence-corrected chi connectivity index (χ2v) is 5.93. The van der Waals surface area contributed by atoms with Gasteiger partial charge in [-0.2, -0.15) is 0 Å². The first-order chi connectivity index (χ1) is 10.1. The van der Waals surface area contributed by atoms with E-state index in [0.717, 1.165) is 31.7 Å². The number of hydrogen-bond acceptors (Lipinski definition) is 3. The van der Waals surface area contributed by atoms with Gasteiger partial charge in [-0.25, -0.2) is 0 Å². The van der Waals surface area contributed by atoms with Crippen molar-refractivity contribution in [2.24, 2.45) is 0 Å². The summed E-state index contributed by atoms with van der Waals surface area (Å²) >= 11 is 0. The monoisotopic (exact) mass is 289 g/mol.